The van der Waals surface area contributed by atoms with Crippen LogP contribution in [0.3, 0.4) is 0 Å². The standard InChI is InChI=1S/C16H17NO4S/c1-12-4-6-14(7-5-12)22-11-16(19)21-10-15(18)17-9-13-3-2-8-20-13/h2-8H,9-11H2,1H3,(H,17,18). The first-order chi connectivity index (χ1) is 10.6. The average molecular weight is 319 g/mol. The van der Waals surface area contributed by atoms with Crippen molar-refractivity contribution in [3.8, 4) is 0 Å². The molecule has 0 bridgehead atoms. The maximum Gasteiger partial charge on any atom is 0.316 e. The number of nitrogens with one attached hydrogen (secondary N) is 1. The Balaban J connectivity index is 1.62. The molecule has 1 heterocycles. The summed E-state index contributed by atoms with van der Waals surface area (Å²) in [6.45, 7) is 2.00. The predicted octanol–water partition coefficient (Wildman–Crippen LogP) is 2.54. The van der Waals surface area contributed by atoms with E-state index in [1.165, 1.54) is 23.6 Å². The van der Waals surface area contributed by atoms with E-state index in [4.69, 9.17) is 9.15 Å². The summed E-state index contributed by atoms with van der Waals surface area (Å²) >= 11 is 1.38. The van der Waals surface area contributed by atoms with Gasteiger partial charge in [0.15, 0.2) is 6.61 Å². The second-order valence-corrected chi connectivity index (χ2v) is 5.67. The molecule has 2 rings (SSSR count). The number of rotatable bonds is 7. The molecule has 116 valence electrons. The van der Waals surface area contributed by atoms with Crippen molar-refractivity contribution in [1.82, 2.24) is 5.32 Å². The highest BCUT2D eigenvalue weighted by Gasteiger charge is 2.08. The highest BCUT2D eigenvalue weighted by molar-refractivity contribution is 8.00. The van der Waals surface area contributed by atoms with Crippen LogP contribution in [0.1, 0.15) is 11.3 Å². The average Bonchev–Trinajstić information content (AvgIpc) is 3.04. The Labute approximate surface area is 133 Å². The molecule has 22 heavy (non-hydrogen) atoms. The largest absolute Gasteiger partial charge is 0.467 e. The third kappa shape index (κ3) is 5.65. The molecule has 1 aromatic heterocycles. The molecule has 1 N–H and O–H groups in total. The summed E-state index contributed by atoms with van der Waals surface area (Å²) in [6.07, 6.45) is 1.53. The molecule has 0 aliphatic rings. The number of furan rings is 1. The monoisotopic (exact) mass is 319 g/mol. The van der Waals surface area contributed by atoms with Crippen LogP contribution in [0, 0.1) is 6.92 Å². The molecule has 0 saturated carbocycles. The fourth-order valence-electron chi connectivity index (χ4n) is 1.61. The Bertz CT molecular complexity index is 608. The molecule has 0 aliphatic carbocycles. The van der Waals surface area contributed by atoms with Gasteiger partial charge < -0.3 is 14.5 Å². The maximum atomic E-state index is 11.6. The first kappa shape index (κ1) is 16.2. The van der Waals surface area contributed by atoms with E-state index in [9.17, 15) is 9.59 Å². The molecule has 1 amide bonds. The van der Waals surface area contributed by atoms with Crippen LogP contribution in [0.25, 0.3) is 0 Å². The quantitative estimate of drug-likeness (QED) is 0.627. The molecule has 1 aromatic carbocycles. The molecule has 0 aliphatic heterocycles. The maximum absolute atomic E-state index is 11.6. The first-order valence-electron chi connectivity index (χ1n) is 6.77. The van der Waals surface area contributed by atoms with Gasteiger partial charge in [0.2, 0.25) is 0 Å². The predicted molar refractivity (Wildman–Crippen MR) is 83.4 cm³/mol. The number of hydrogen-bond acceptors (Lipinski definition) is 5. The van der Waals surface area contributed by atoms with E-state index in [0.29, 0.717) is 5.76 Å². The normalized spacial score (nSPS) is 10.2. The van der Waals surface area contributed by atoms with Crippen molar-refractivity contribution in [3.05, 3.63) is 54.0 Å². The van der Waals surface area contributed by atoms with Gasteiger partial charge in [-0.25, -0.2) is 0 Å². The number of thioether (sulfide) groups is 1. The molecule has 0 spiro atoms. The van der Waals surface area contributed by atoms with Gasteiger partial charge in [0.05, 0.1) is 18.6 Å². The van der Waals surface area contributed by atoms with E-state index >= 15 is 0 Å². The number of aryl methyl sites for hydroxylation is 1. The van der Waals surface area contributed by atoms with Crippen molar-refractivity contribution in [2.45, 2.75) is 18.4 Å². The fraction of sp³-hybridized carbons (Fsp3) is 0.250. The van der Waals surface area contributed by atoms with Gasteiger partial charge in [0.1, 0.15) is 5.76 Å². The minimum absolute atomic E-state index is 0.175. The number of hydrogen-bond donors (Lipinski definition) is 1. The van der Waals surface area contributed by atoms with Crippen molar-refractivity contribution in [2.75, 3.05) is 12.4 Å². The van der Waals surface area contributed by atoms with Crippen molar-refractivity contribution < 1.29 is 18.7 Å². The van der Waals surface area contributed by atoms with Gasteiger partial charge in [0.25, 0.3) is 5.91 Å². The highest BCUT2D eigenvalue weighted by Crippen LogP contribution is 2.18. The van der Waals surface area contributed by atoms with E-state index in [1.54, 1.807) is 12.1 Å². The van der Waals surface area contributed by atoms with Crippen LogP contribution in [0.4, 0.5) is 0 Å². The second-order valence-electron chi connectivity index (χ2n) is 4.62. The lowest BCUT2D eigenvalue weighted by molar-refractivity contribution is -0.146. The van der Waals surface area contributed by atoms with Crippen LogP contribution < -0.4 is 5.32 Å². The zero-order valence-electron chi connectivity index (χ0n) is 12.2. The van der Waals surface area contributed by atoms with Crippen molar-refractivity contribution in [1.29, 1.82) is 0 Å². The van der Waals surface area contributed by atoms with Crippen molar-refractivity contribution in [3.63, 3.8) is 0 Å². The summed E-state index contributed by atoms with van der Waals surface area (Å²) in [5.41, 5.74) is 1.17. The van der Waals surface area contributed by atoms with Crippen LogP contribution in [-0.2, 0) is 20.9 Å². The van der Waals surface area contributed by atoms with Gasteiger partial charge in [0, 0.05) is 4.90 Å². The Morgan fingerprint density at radius 1 is 1.23 bits per heavy atom. The molecular formula is C16H17NO4S. The van der Waals surface area contributed by atoms with Gasteiger partial charge in [-0.15, -0.1) is 11.8 Å². The van der Waals surface area contributed by atoms with Crippen molar-refractivity contribution >= 4 is 23.6 Å². The number of esters is 1. The molecule has 0 atom stereocenters. The molecule has 0 unspecified atom stereocenters. The summed E-state index contributed by atoms with van der Waals surface area (Å²) < 4.78 is 10.00. The van der Waals surface area contributed by atoms with E-state index < -0.39 is 5.97 Å². The molecule has 5 nitrogen and oxygen atoms in total. The summed E-state index contributed by atoms with van der Waals surface area (Å²) in [5, 5.41) is 2.60. The number of amides is 1. The molecule has 6 heteroatoms. The number of carbonyl (C=O) groups excluding carboxylic acids is 2. The van der Waals surface area contributed by atoms with Crippen LogP contribution in [-0.4, -0.2) is 24.2 Å². The lowest BCUT2D eigenvalue weighted by atomic mass is 10.2. The topological polar surface area (TPSA) is 68.5 Å². The SMILES string of the molecule is Cc1ccc(SCC(=O)OCC(=O)NCc2ccco2)cc1. The Morgan fingerprint density at radius 3 is 2.68 bits per heavy atom. The van der Waals surface area contributed by atoms with Crippen LogP contribution in [0.15, 0.2) is 52.0 Å². The first-order valence-corrected chi connectivity index (χ1v) is 7.76. The zero-order valence-corrected chi connectivity index (χ0v) is 13.0. The molecule has 0 saturated heterocycles. The Morgan fingerprint density at radius 2 is 2.00 bits per heavy atom. The van der Waals surface area contributed by atoms with Gasteiger partial charge in [-0.2, -0.15) is 0 Å². The van der Waals surface area contributed by atoms with Gasteiger partial charge >= 0.3 is 5.97 Å². The van der Waals surface area contributed by atoms with E-state index in [-0.39, 0.29) is 24.8 Å². The highest BCUT2D eigenvalue weighted by atomic mass is 32.2. The number of ether oxygens (including phenoxy) is 1. The third-order valence-corrected chi connectivity index (χ3v) is 3.77. The summed E-state index contributed by atoms with van der Waals surface area (Å²) in [4.78, 5) is 24.1. The smallest absolute Gasteiger partial charge is 0.316 e. The molecule has 0 fully saturated rings. The lowest BCUT2D eigenvalue weighted by Crippen LogP contribution is -2.28. The molecule has 2 aromatic rings. The minimum atomic E-state index is -0.418. The lowest BCUT2D eigenvalue weighted by Gasteiger charge is -2.05. The third-order valence-electron chi connectivity index (χ3n) is 2.78. The van der Waals surface area contributed by atoms with E-state index in [0.717, 1.165) is 4.90 Å². The van der Waals surface area contributed by atoms with Gasteiger partial charge in [-0.1, -0.05) is 17.7 Å². The molecular weight excluding hydrogens is 302 g/mol. The summed E-state index contributed by atoms with van der Waals surface area (Å²) in [7, 11) is 0. The van der Waals surface area contributed by atoms with Gasteiger partial charge in [-0.05, 0) is 31.2 Å². The van der Waals surface area contributed by atoms with Crippen molar-refractivity contribution in [2.24, 2.45) is 0 Å². The summed E-state index contributed by atoms with van der Waals surface area (Å²) in [6, 6.07) is 11.4. The minimum Gasteiger partial charge on any atom is -0.467 e. The van der Waals surface area contributed by atoms with Crippen LogP contribution in [0.5, 0.6) is 0 Å². The van der Waals surface area contributed by atoms with Crippen LogP contribution in [0.2, 0.25) is 0 Å². The van der Waals surface area contributed by atoms with E-state index in [2.05, 4.69) is 5.32 Å². The van der Waals surface area contributed by atoms with E-state index in [1.807, 2.05) is 31.2 Å². The molecule has 0 radical (unpaired) electrons. The van der Waals surface area contributed by atoms with Crippen LogP contribution >= 0.6 is 11.8 Å². The summed E-state index contributed by atoms with van der Waals surface area (Å²) in [5.74, 6) is 0.0487. The van der Waals surface area contributed by atoms with Gasteiger partial charge in [-0.3, -0.25) is 9.59 Å². The number of carbonyl (C=O) groups is 2. The Hall–Kier alpha value is -2.21. The number of benzene rings is 1. The second kappa shape index (κ2) is 8.29. The fourth-order valence-corrected chi connectivity index (χ4v) is 2.31. The zero-order chi connectivity index (χ0) is 15.8. The Kier molecular flexibility index (Phi) is 6.09.